The lowest BCUT2D eigenvalue weighted by atomic mass is 10.2. The molecular weight excluding hydrogens is 344 g/mol. The Balaban J connectivity index is 2.68. The molecule has 1 amide bonds. The van der Waals surface area contributed by atoms with Gasteiger partial charge in [-0.3, -0.25) is 9.79 Å². The molecule has 0 aliphatic rings. The zero-order valence-corrected chi connectivity index (χ0v) is 15.4. The van der Waals surface area contributed by atoms with Crippen LogP contribution in [0.15, 0.2) is 33.7 Å². The van der Waals surface area contributed by atoms with Crippen molar-refractivity contribution >= 4 is 27.8 Å². The number of nitrogens with one attached hydrogen (secondary N) is 1. The number of halogens is 1. The highest BCUT2D eigenvalue weighted by Gasteiger charge is 2.09. The van der Waals surface area contributed by atoms with Crippen LogP contribution in [0.25, 0.3) is 0 Å². The summed E-state index contributed by atoms with van der Waals surface area (Å²) >= 11 is 3.56. The van der Waals surface area contributed by atoms with Crippen LogP contribution in [-0.2, 0) is 11.3 Å². The summed E-state index contributed by atoms with van der Waals surface area (Å²) in [6.07, 6.45) is 0.421. The minimum absolute atomic E-state index is 0.0908. The van der Waals surface area contributed by atoms with E-state index in [4.69, 9.17) is 0 Å². The first-order chi connectivity index (χ1) is 10.5. The predicted molar refractivity (Wildman–Crippen MR) is 94.9 cm³/mol. The van der Waals surface area contributed by atoms with Crippen LogP contribution >= 0.6 is 15.9 Å². The second-order valence-electron chi connectivity index (χ2n) is 5.22. The van der Waals surface area contributed by atoms with Crippen molar-refractivity contribution in [2.75, 3.05) is 34.2 Å². The van der Waals surface area contributed by atoms with E-state index in [1.165, 1.54) is 5.56 Å². The Morgan fingerprint density at radius 3 is 2.55 bits per heavy atom. The van der Waals surface area contributed by atoms with E-state index in [2.05, 4.69) is 37.2 Å². The van der Waals surface area contributed by atoms with Gasteiger partial charge in [0.2, 0.25) is 5.91 Å². The van der Waals surface area contributed by atoms with Crippen molar-refractivity contribution in [3.63, 3.8) is 0 Å². The van der Waals surface area contributed by atoms with Gasteiger partial charge in [0.05, 0.1) is 6.54 Å². The first-order valence-electron chi connectivity index (χ1n) is 7.38. The molecule has 0 atom stereocenters. The lowest BCUT2D eigenvalue weighted by molar-refractivity contribution is -0.128. The summed E-state index contributed by atoms with van der Waals surface area (Å²) in [7, 11) is 5.52. The molecule has 0 radical (unpaired) electrons. The fourth-order valence-corrected chi connectivity index (χ4v) is 2.32. The molecule has 0 aliphatic carbocycles. The first-order valence-corrected chi connectivity index (χ1v) is 8.18. The lowest BCUT2D eigenvalue weighted by Crippen LogP contribution is -2.38. The summed E-state index contributed by atoms with van der Waals surface area (Å²) < 4.78 is 1.08. The number of hydrogen-bond donors (Lipinski definition) is 1. The summed E-state index contributed by atoms with van der Waals surface area (Å²) in [6, 6.07) is 8.14. The molecule has 0 fully saturated rings. The highest BCUT2D eigenvalue weighted by Crippen LogP contribution is 2.17. The second kappa shape index (κ2) is 9.46. The van der Waals surface area contributed by atoms with Crippen molar-refractivity contribution in [1.29, 1.82) is 0 Å². The number of carbonyl (C=O) groups excluding carboxylic acids is 1. The maximum absolute atomic E-state index is 11.6. The molecule has 0 bridgehead atoms. The number of nitrogens with zero attached hydrogens (tertiary/aromatic N) is 3. The molecule has 0 aromatic heterocycles. The molecule has 0 saturated carbocycles. The van der Waals surface area contributed by atoms with Gasteiger partial charge in [-0.25, -0.2) is 0 Å². The van der Waals surface area contributed by atoms with Crippen molar-refractivity contribution in [2.45, 2.75) is 19.9 Å². The lowest BCUT2D eigenvalue weighted by Gasteiger charge is -2.22. The van der Waals surface area contributed by atoms with Crippen LogP contribution in [0.2, 0.25) is 0 Å². The molecule has 0 spiro atoms. The van der Waals surface area contributed by atoms with Gasteiger partial charge in [-0.05, 0) is 18.6 Å². The van der Waals surface area contributed by atoms with Crippen molar-refractivity contribution in [1.82, 2.24) is 15.1 Å². The van der Waals surface area contributed by atoms with Gasteiger partial charge in [0.25, 0.3) is 0 Å². The van der Waals surface area contributed by atoms with Gasteiger partial charge >= 0.3 is 0 Å². The Morgan fingerprint density at radius 2 is 1.95 bits per heavy atom. The van der Waals surface area contributed by atoms with E-state index in [9.17, 15) is 4.79 Å². The van der Waals surface area contributed by atoms with E-state index in [1.807, 2.05) is 32.2 Å². The third-order valence-corrected chi connectivity index (χ3v) is 3.92. The molecule has 0 aliphatic heterocycles. The monoisotopic (exact) mass is 368 g/mol. The number of hydrogen-bond acceptors (Lipinski definition) is 2. The molecule has 1 N–H and O–H groups in total. The molecule has 5 nitrogen and oxygen atoms in total. The van der Waals surface area contributed by atoms with Crippen LogP contribution < -0.4 is 5.32 Å². The molecule has 0 heterocycles. The molecule has 6 heteroatoms. The van der Waals surface area contributed by atoms with Gasteiger partial charge in [-0.15, -0.1) is 0 Å². The third-order valence-electron chi connectivity index (χ3n) is 3.15. The highest BCUT2D eigenvalue weighted by molar-refractivity contribution is 9.10. The van der Waals surface area contributed by atoms with Crippen LogP contribution in [0.1, 0.15) is 18.9 Å². The predicted octanol–water partition coefficient (Wildman–Crippen LogP) is 2.32. The Kier molecular flexibility index (Phi) is 7.95. The molecule has 122 valence electrons. The standard InChI is InChI=1S/C16H25BrN4O/c1-5-18-16(19-11-10-15(22)20(2)3)21(4)12-13-8-6-7-9-14(13)17/h6-9H,5,10-12H2,1-4H3,(H,18,19). The van der Waals surface area contributed by atoms with Crippen LogP contribution in [0.3, 0.4) is 0 Å². The SMILES string of the molecule is CCNC(=NCCC(=O)N(C)C)N(C)Cc1ccccc1Br. The van der Waals surface area contributed by atoms with Crippen molar-refractivity contribution in [3.8, 4) is 0 Å². The van der Waals surface area contributed by atoms with E-state index in [0.29, 0.717) is 13.0 Å². The summed E-state index contributed by atoms with van der Waals surface area (Å²) in [5, 5.41) is 3.26. The molecule has 1 aromatic rings. The molecule has 0 unspecified atom stereocenters. The van der Waals surface area contributed by atoms with E-state index >= 15 is 0 Å². The largest absolute Gasteiger partial charge is 0.357 e. The normalized spacial score (nSPS) is 11.2. The van der Waals surface area contributed by atoms with Crippen LogP contribution in [0.4, 0.5) is 0 Å². The van der Waals surface area contributed by atoms with Gasteiger partial charge in [0, 0.05) is 45.1 Å². The molecule has 0 saturated heterocycles. The highest BCUT2D eigenvalue weighted by atomic mass is 79.9. The Bertz CT molecular complexity index is 517. The average molecular weight is 369 g/mol. The number of benzene rings is 1. The summed E-state index contributed by atoms with van der Waals surface area (Å²) in [4.78, 5) is 19.8. The van der Waals surface area contributed by atoms with E-state index < -0.39 is 0 Å². The topological polar surface area (TPSA) is 47.9 Å². The minimum atomic E-state index is 0.0908. The average Bonchev–Trinajstić information content (AvgIpc) is 2.48. The van der Waals surface area contributed by atoms with Crippen molar-refractivity contribution in [3.05, 3.63) is 34.3 Å². The fraction of sp³-hybridized carbons (Fsp3) is 0.500. The smallest absolute Gasteiger partial charge is 0.223 e. The zero-order valence-electron chi connectivity index (χ0n) is 13.8. The molecule has 22 heavy (non-hydrogen) atoms. The van der Waals surface area contributed by atoms with Crippen molar-refractivity contribution in [2.24, 2.45) is 4.99 Å². The van der Waals surface area contributed by atoms with E-state index in [-0.39, 0.29) is 5.91 Å². The summed E-state index contributed by atoms with van der Waals surface area (Å²) in [5.41, 5.74) is 1.19. The Labute approximate surface area is 141 Å². The summed E-state index contributed by atoms with van der Waals surface area (Å²) in [5.74, 6) is 0.901. The van der Waals surface area contributed by atoms with Gasteiger partial charge in [-0.1, -0.05) is 34.1 Å². The summed E-state index contributed by atoms with van der Waals surface area (Å²) in [6.45, 7) is 4.06. The quantitative estimate of drug-likeness (QED) is 0.619. The Morgan fingerprint density at radius 1 is 1.27 bits per heavy atom. The minimum Gasteiger partial charge on any atom is -0.357 e. The number of aliphatic imine (C=N–C) groups is 1. The molecule has 1 rings (SSSR count). The molecule has 1 aromatic carbocycles. The number of guanidine groups is 1. The number of rotatable bonds is 6. The van der Waals surface area contributed by atoms with Crippen LogP contribution in [0.5, 0.6) is 0 Å². The number of amides is 1. The van der Waals surface area contributed by atoms with Gasteiger partial charge in [0.1, 0.15) is 0 Å². The number of carbonyl (C=O) groups is 1. The van der Waals surface area contributed by atoms with Gasteiger partial charge in [-0.2, -0.15) is 0 Å². The molecular formula is C16H25BrN4O. The van der Waals surface area contributed by atoms with Crippen LogP contribution in [-0.4, -0.2) is 55.9 Å². The van der Waals surface area contributed by atoms with Gasteiger partial charge in [0.15, 0.2) is 5.96 Å². The van der Waals surface area contributed by atoms with Crippen molar-refractivity contribution < 1.29 is 4.79 Å². The fourth-order valence-electron chi connectivity index (χ4n) is 1.91. The second-order valence-corrected chi connectivity index (χ2v) is 6.08. The first kappa shape index (κ1) is 18.5. The van der Waals surface area contributed by atoms with Crippen LogP contribution in [0, 0.1) is 0 Å². The van der Waals surface area contributed by atoms with E-state index in [1.54, 1.807) is 19.0 Å². The third kappa shape index (κ3) is 6.05. The van der Waals surface area contributed by atoms with E-state index in [0.717, 1.165) is 23.5 Å². The maximum Gasteiger partial charge on any atom is 0.223 e. The zero-order chi connectivity index (χ0) is 16.5. The maximum atomic E-state index is 11.6. The van der Waals surface area contributed by atoms with Gasteiger partial charge < -0.3 is 15.1 Å². The Hall–Kier alpha value is -1.56.